The van der Waals surface area contributed by atoms with Gasteiger partial charge in [0.15, 0.2) is 0 Å². The molecule has 4 heteroatoms. The monoisotopic (exact) mass is 256 g/mol. The van der Waals surface area contributed by atoms with Crippen molar-refractivity contribution in [1.29, 1.82) is 0 Å². The summed E-state index contributed by atoms with van der Waals surface area (Å²) in [7, 11) is 0. The first-order valence-electron chi connectivity index (χ1n) is 6.14. The van der Waals surface area contributed by atoms with Gasteiger partial charge in [-0.2, -0.15) is 0 Å². The lowest BCUT2D eigenvalue weighted by molar-refractivity contribution is -0.116. The fourth-order valence-electron chi connectivity index (χ4n) is 1.72. The van der Waals surface area contributed by atoms with E-state index in [1.54, 1.807) is 24.4 Å². The fraction of sp³-hybridized carbons (Fsp3) is 0.200. The molecule has 0 unspecified atom stereocenters. The first kappa shape index (κ1) is 13.1. The zero-order chi connectivity index (χ0) is 13.7. The van der Waals surface area contributed by atoms with Crippen molar-refractivity contribution in [3.05, 3.63) is 53.7 Å². The summed E-state index contributed by atoms with van der Waals surface area (Å²) < 4.78 is 0. The number of aryl methyl sites for hydroxylation is 2. The molecule has 1 aromatic heterocycles. The number of hydrogen-bond acceptors (Lipinski definition) is 3. The smallest absolute Gasteiger partial charge is 0.225 e. The molecule has 98 valence electrons. The summed E-state index contributed by atoms with van der Waals surface area (Å²) in [4.78, 5) is 15.9. The average Bonchev–Trinajstić information content (AvgIpc) is 2.40. The molecule has 2 N–H and O–H groups in total. The molecular formula is C15H16N2O2. The Kier molecular flexibility index (Phi) is 4.13. The third-order valence-electron chi connectivity index (χ3n) is 2.79. The molecule has 0 aliphatic heterocycles. The first-order valence-corrected chi connectivity index (χ1v) is 6.14. The minimum Gasteiger partial charge on any atom is -0.508 e. The Hall–Kier alpha value is -2.36. The van der Waals surface area contributed by atoms with Crippen molar-refractivity contribution in [3.8, 4) is 5.75 Å². The van der Waals surface area contributed by atoms with Gasteiger partial charge in [0.1, 0.15) is 11.6 Å². The first-order chi connectivity index (χ1) is 9.15. The van der Waals surface area contributed by atoms with Gasteiger partial charge in [0, 0.05) is 12.6 Å². The molecule has 0 fully saturated rings. The molecule has 0 bridgehead atoms. The van der Waals surface area contributed by atoms with Gasteiger partial charge in [0.25, 0.3) is 0 Å². The van der Waals surface area contributed by atoms with Gasteiger partial charge in [-0.3, -0.25) is 4.79 Å². The average molecular weight is 256 g/mol. The Morgan fingerprint density at radius 1 is 1.26 bits per heavy atom. The predicted octanol–water partition coefficient (Wildman–Crippen LogP) is 2.67. The van der Waals surface area contributed by atoms with E-state index in [9.17, 15) is 9.90 Å². The van der Waals surface area contributed by atoms with E-state index in [-0.39, 0.29) is 11.7 Å². The summed E-state index contributed by atoms with van der Waals surface area (Å²) in [5, 5.41) is 12.3. The number of phenols is 1. The lowest BCUT2D eigenvalue weighted by atomic mass is 10.1. The summed E-state index contributed by atoms with van der Waals surface area (Å²) >= 11 is 0. The third-order valence-corrected chi connectivity index (χ3v) is 2.79. The van der Waals surface area contributed by atoms with Gasteiger partial charge in [-0.25, -0.2) is 4.98 Å². The highest BCUT2D eigenvalue weighted by Gasteiger charge is 2.06. The second kappa shape index (κ2) is 6.00. The molecular weight excluding hydrogens is 240 g/mol. The standard InChI is InChI=1S/C15H16N2O2/c1-11-6-8-14(16-10-11)17-15(19)9-7-12-4-2-3-5-13(12)18/h2-6,8,10,18H,7,9H2,1H3,(H,16,17,19). The number of pyridine rings is 1. The van der Waals surface area contributed by atoms with E-state index in [0.717, 1.165) is 11.1 Å². The van der Waals surface area contributed by atoms with Crippen molar-refractivity contribution in [2.45, 2.75) is 19.8 Å². The van der Waals surface area contributed by atoms with E-state index in [4.69, 9.17) is 0 Å². The molecule has 0 saturated carbocycles. The molecule has 2 aromatic rings. The lowest BCUT2D eigenvalue weighted by Crippen LogP contribution is -2.13. The number of benzene rings is 1. The summed E-state index contributed by atoms with van der Waals surface area (Å²) in [5.74, 6) is 0.663. The van der Waals surface area contributed by atoms with E-state index in [1.807, 2.05) is 25.1 Å². The van der Waals surface area contributed by atoms with Crippen LogP contribution in [0.1, 0.15) is 17.5 Å². The van der Waals surface area contributed by atoms with Gasteiger partial charge in [0.2, 0.25) is 5.91 Å². The normalized spacial score (nSPS) is 10.2. The van der Waals surface area contributed by atoms with Crippen LogP contribution < -0.4 is 5.32 Å². The molecule has 1 heterocycles. The van der Waals surface area contributed by atoms with Crippen LogP contribution in [0.15, 0.2) is 42.6 Å². The quantitative estimate of drug-likeness (QED) is 0.884. The molecule has 19 heavy (non-hydrogen) atoms. The molecule has 2 rings (SSSR count). The van der Waals surface area contributed by atoms with Crippen LogP contribution in [0.5, 0.6) is 5.75 Å². The molecule has 4 nitrogen and oxygen atoms in total. The number of amides is 1. The summed E-state index contributed by atoms with van der Waals surface area (Å²) in [6.07, 6.45) is 2.52. The van der Waals surface area contributed by atoms with E-state index in [2.05, 4.69) is 10.3 Å². The van der Waals surface area contributed by atoms with E-state index in [1.165, 1.54) is 0 Å². The van der Waals surface area contributed by atoms with E-state index in [0.29, 0.717) is 18.7 Å². The highest BCUT2D eigenvalue weighted by molar-refractivity contribution is 5.89. The maximum atomic E-state index is 11.7. The molecule has 0 saturated heterocycles. The minimum absolute atomic E-state index is 0.111. The van der Waals surface area contributed by atoms with Crippen LogP contribution in [0.25, 0.3) is 0 Å². The van der Waals surface area contributed by atoms with Crippen LogP contribution in [-0.4, -0.2) is 16.0 Å². The summed E-state index contributed by atoms with van der Waals surface area (Å²) in [5.41, 5.74) is 1.82. The second-order valence-corrected chi connectivity index (χ2v) is 4.40. The number of aromatic hydroxyl groups is 1. The number of hydrogen-bond donors (Lipinski definition) is 2. The van der Waals surface area contributed by atoms with Gasteiger partial charge in [0.05, 0.1) is 0 Å². The number of phenolic OH excluding ortho intramolecular Hbond substituents is 1. The molecule has 0 spiro atoms. The van der Waals surface area contributed by atoms with Gasteiger partial charge in [-0.15, -0.1) is 0 Å². The SMILES string of the molecule is Cc1ccc(NC(=O)CCc2ccccc2O)nc1. The van der Waals surface area contributed by atoms with Crippen LogP contribution in [0.3, 0.4) is 0 Å². The van der Waals surface area contributed by atoms with Gasteiger partial charge >= 0.3 is 0 Å². The molecule has 0 aliphatic rings. The van der Waals surface area contributed by atoms with Crippen molar-refractivity contribution >= 4 is 11.7 Å². The number of aromatic nitrogens is 1. The summed E-state index contributed by atoms with van der Waals surface area (Å²) in [6.45, 7) is 1.94. The van der Waals surface area contributed by atoms with E-state index >= 15 is 0 Å². The van der Waals surface area contributed by atoms with Gasteiger partial charge in [-0.05, 0) is 36.6 Å². The Morgan fingerprint density at radius 3 is 2.74 bits per heavy atom. The maximum absolute atomic E-state index is 11.7. The molecule has 1 amide bonds. The number of carbonyl (C=O) groups is 1. The number of rotatable bonds is 4. The van der Waals surface area contributed by atoms with Crippen LogP contribution in [0.2, 0.25) is 0 Å². The Balaban J connectivity index is 1.88. The predicted molar refractivity (Wildman–Crippen MR) is 74.0 cm³/mol. The number of carbonyl (C=O) groups excluding carboxylic acids is 1. The largest absolute Gasteiger partial charge is 0.508 e. The summed E-state index contributed by atoms with van der Waals surface area (Å²) in [6, 6.07) is 10.7. The zero-order valence-corrected chi connectivity index (χ0v) is 10.8. The molecule has 0 atom stereocenters. The fourth-order valence-corrected chi connectivity index (χ4v) is 1.72. The van der Waals surface area contributed by atoms with Crippen molar-refractivity contribution < 1.29 is 9.90 Å². The van der Waals surface area contributed by atoms with Crippen LogP contribution in [-0.2, 0) is 11.2 Å². The van der Waals surface area contributed by atoms with Crippen molar-refractivity contribution in [1.82, 2.24) is 4.98 Å². The number of anilines is 1. The minimum atomic E-state index is -0.111. The Morgan fingerprint density at radius 2 is 2.05 bits per heavy atom. The van der Waals surface area contributed by atoms with Crippen molar-refractivity contribution in [3.63, 3.8) is 0 Å². The van der Waals surface area contributed by atoms with Crippen LogP contribution in [0, 0.1) is 6.92 Å². The van der Waals surface area contributed by atoms with Crippen LogP contribution >= 0.6 is 0 Å². The Labute approximate surface area is 112 Å². The maximum Gasteiger partial charge on any atom is 0.225 e. The topological polar surface area (TPSA) is 62.2 Å². The molecule has 0 radical (unpaired) electrons. The van der Waals surface area contributed by atoms with Gasteiger partial charge < -0.3 is 10.4 Å². The molecule has 0 aliphatic carbocycles. The number of nitrogens with zero attached hydrogens (tertiary/aromatic N) is 1. The number of nitrogens with one attached hydrogen (secondary N) is 1. The highest BCUT2D eigenvalue weighted by atomic mass is 16.3. The third kappa shape index (κ3) is 3.81. The lowest BCUT2D eigenvalue weighted by Gasteiger charge is -2.06. The van der Waals surface area contributed by atoms with Gasteiger partial charge in [-0.1, -0.05) is 24.3 Å². The highest BCUT2D eigenvalue weighted by Crippen LogP contribution is 2.17. The zero-order valence-electron chi connectivity index (χ0n) is 10.8. The molecule has 1 aromatic carbocycles. The van der Waals surface area contributed by atoms with Crippen molar-refractivity contribution in [2.24, 2.45) is 0 Å². The number of para-hydroxylation sites is 1. The second-order valence-electron chi connectivity index (χ2n) is 4.40. The Bertz CT molecular complexity index is 565. The van der Waals surface area contributed by atoms with Crippen molar-refractivity contribution in [2.75, 3.05) is 5.32 Å². The van der Waals surface area contributed by atoms with Crippen LogP contribution in [0.4, 0.5) is 5.82 Å². The van der Waals surface area contributed by atoms with E-state index < -0.39 is 0 Å².